The first kappa shape index (κ1) is 13.8. The lowest BCUT2D eigenvalue weighted by Crippen LogP contribution is -2.38. The quantitative estimate of drug-likeness (QED) is 0.874. The number of piperidine rings is 1. The first-order valence-corrected chi connectivity index (χ1v) is 8.95. The minimum Gasteiger partial charge on any atom is -0.275 e. The van der Waals surface area contributed by atoms with Crippen LogP contribution in [0.25, 0.3) is 0 Å². The van der Waals surface area contributed by atoms with E-state index in [1.54, 1.807) is 32.7 Å². The van der Waals surface area contributed by atoms with Gasteiger partial charge < -0.3 is 0 Å². The van der Waals surface area contributed by atoms with Gasteiger partial charge in [0.1, 0.15) is 4.21 Å². The average molecular weight is 311 g/mol. The Morgan fingerprint density at radius 1 is 1.40 bits per heavy atom. The molecule has 1 fully saturated rings. The van der Waals surface area contributed by atoms with Gasteiger partial charge in [-0.3, -0.25) is 4.68 Å². The number of hydrogen-bond donors (Lipinski definition) is 0. The van der Waals surface area contributed by atoms with E-state index in [2.05, 4.69) is 5.10 Å². The molecule has 108 valence electrons. The van der Waals surface area contributed by atoms with Crippen molar-refractivity contribution in [1.29, 1.82) is 0 Å². The van der Waals surface area contributed by atoms with Gasteiger partial charge in [-0.1, -0.05) is 12.5 Å². The third-order valence-electron chi connectivity index (χ3n) is 3.62. The molecule has 0 unspecified atom stereocenters. The molecular weight excluding hydrogens is 294 g/mol. The molecular formula is C13H17N3O2S2. The van der Waals surface area contributed by atoms with Gasteiger partial charge in [0.05, 0.1) is 12.2 Å². The summed E-state index contributed by atoms with van der Waals surface area (Å²) in [6.45, 7) is 0.583. The van der Waals surface area contributed by atoms with E-state index < -0.39 is 10.0 Å². The fraction of sp³-hybridized carbons (Fsp3) is 0.462. The van der Waals surface area contributed by atoms with Crippen LogP contribution in [0.5, 0.6) is 0 Å². The third-order valence-corrected chi connectivity index (χ3v) is 6.90. The molecule has 3 heterocycles. The third kappa shape index (κ3) is 2.41. The van der Waals surface area contributed by atoms with Crippen molar-refractivity contribution in [2.45, 2.75) is 29.5 Å². The highest BCUT2D eigenvalue weighted by Crippen LogP contribution is 2.36. The van der Waals surface area contributed by atoms with Crippen LogP contribution in [0, 0.1) is 0 Å². The second kappa shape index (κ2) is 5.31. The maximum absolute atomic E-state index is 12.7. The first-order chi connectivity index (χ1) is 9.59. The standard InChI is InChI=1S/C13H17N3O2S2/c1-15-10-11(9-14-15)12-5-2-3-7-16(12)20(17,18)13-6-4-8-19-13/h4,6,8-10,12H,2-3,5,7H2,1H3/t12-/m1/s1. The predicted octanol–water partition coefficient (Wildman–Crippen LogP) is 2.40. The van der Waals surface area contributed by atoms with Crippen LogP contribution in [-0.2, 0) is 17.1 Å². The molecule has 0 radical (unpaired) electrons. The van der Waals surface area contributed by atoms with Crippen molar-refractivity contribution >= 4 is 21.4 Å². The number of aromatic nitrogens is 2. The Hall–Kier alpha value is -1.18. The van der Waals surface area contributed by atoms with Crippen LogP contribution in [0.2, 0.25) is 0 Å². The number of nitrogens with zero attached hydrogens (tertiary/aromatic N) is 3. The monoisotopic (exact) mass is 311 g/mol. The zero-order valence-corrected chi connectivity index (χ0v) is 12.9. The molecule has 7 heteroatoms. The van der Waals surface area contributed by atoms with Gasteiger partial charge in [0, 0.05) is 25.4 Å². The van der Waals surface area contributed by atoms with Crippen LogP contribution in [0.3, 0.4) is 0 Å². The number of rotatable bonds is 3. The summed E-state index contributed by atoms with van der Waals surface area (Å²) < 4.78 is 29.3. The SMILES string of the molecule is Cn1cc([C@H]2CCCCN2S(=O)(=O)c2cccs2)cn1. The molecule has 0 saturated carbocycles. The maximum Gasteiger partial charge on any atom is 0.253 e. The Morgan fingerprint density at radius 2 is 2.25 bits per heavy atom. The molecule has 0 aliphatic carbocycles. The van der Waals surface area contributed by atoms with Crippen LogP contribution in [0.4, 0.5) is 0 Å². The van der Waals surface area contributed by atoms with Crippen molar-refractivity contribution < 1.29 is 8.42 Å². The van der Waals surface area contributed by atoms with E-state index in [0.717, 1.165) is 24.8 Å². The van der Waals surface area contributed by atoms with Crippen molar-refractivity contribution in [2.24, 2.45) is 7.05 Å². The molecule has 1 saturated heterocycles. The van der Waals surface area contributed by atoms with E-state index >= 15 is 0 Å². The zero-order valence-electron chi connectivity index (χ0n) is 11.3. The van der Waals surface area contributed by atoms with Gasteiger partial charge in [0.15, 0.2) is 0 Å². The highest BCUT2D eigenvalue weighted by atomic mass is 32.2. The van der Waals surface area contributed by atoms with Gasteiger partial charge in [-0.05, 0) is 24.3 Å². The van der Waals surface area contributed by atoms with Gasteiger partial charge in [-0.2, -0.15) is 9.40 Å². The van der Waals surface area contributed by atoms with E-state index in [1.165, 1.54) is 11.3 Å². The largest absolute Gasteiger partial charge is 0.275 e. The molecule has 0 bridgehead atoms. The molecule has 2 aromatic rings. The van der Waals surface area contributed by atoms with Gasteiger partial charge in [-0.25, -0.2) is 8.42 Å². The summed E-state index contributed by atoms with van der Waals surface area (Å²) in [5.41, 5.74) is 0.979. The summed E-state index contributed by atoms with van der Waals surface area (Å²) in [6.07, 6.45) is 6.51. The van der Waals surface area contributed by atoms with Gasteiger partial charge >= 0.3 is 0 Å². The van der Waals surface area contributed by atoms with E-state index in [9.17, 15) is 8.42 Å². The normalized spacial score (nSPS) is 21.1. The van der Waals surface area contributed by atoms with Crippen LogP contribution in [-0.4, -0.2) is 29.0 Å². The maximum atomic E-state index is 12.7. The van der Waals surface area contributed by atoms with Gasteiger partial charge in [-0.15, -0.1) is 11.3 Å². The lowest BCUT2D eigenvalue weighted by molar-refractivity contribution is 0.256. The second-order valence-corrected chi connectivity index (χ2v) is 8.07. The highest BCUT2D eigenvalue weighted by Gasteiger charge is 2.35. The van der Waals surface area contributed by atoms with Gasteiger partial charge in [0.25, 0.3) is 10.0 Å². The Labute approximate surface area is 122 Å². The van der Waals surface area contributed by atoms with Crippen molar-refractivity contribution in [3.8, 4) is 0 Å². The summed E-state index contributed by atoms with van der Waals surface area (Å²) in [5, 5.41) is 5.97. The van der Waals surface area contributed by atoms with Crippen molar-refractivity contribution in [3.05, 3.63) is 35.5 Å². The molecule has 0 aromatic carbocycles. The molecule has 0 amide bonds. The Morgan fingerprint density at radius 3 is 2.90 bits per heavy atom. The smallest absolute Gasteiger partial charge is 0.253 e. The molecule has 0 spiro atoms. The lowest BCUT2D eigenvalue weighted by atomic mass is 10.0. The predicted molar refractivity (Wildman–Crippen MR) is 78.0 cm³/mol. The Kier molecular flexibility index (Phi) is 3.66. The molecule has 1 aliphatic rings. The van der Waals surface area contributed by atoms with Crippen LogP contribution in [0.15, 0.2) is 34.1 Å². The van der Waals surface area contributed by atoms with Crippen LogP contribution < -0.4 is 0 Å². The lowest BCUT2D eigenvalue weighted by Gasteiger charge is -2.33. The van der Waals surface area contributed by atoms with Crippen LogP contribution >= 0.6 is 11.3 Å². The zero-order chi connectivity index (χ0) is 14.2. The van der Waals surface area contributed by atoms with E-state index in [-0.39, 0.29) is 6.04 Å². The minimum atomic E-state index is -3.39. The molecule has 2 aromatic heterocycles. The number of sulfonamides is 1. The summed E-state index contributed by atoms with van der Waals surface area (Å²) in [4.78, 5) is 0. The molecule has 0 N–H and O–H groups in total. The topological polar surface area (TPSA) is 55.2 Å². The Balaban J connectivity index is 1.97. The van der Waals surface area contributed by atoms with Crippen LogP contribution in [0.1, 0.15) is 30.9 Å². The number of hydrogen-bond acceptors (Lipinski definition) is 4. The molecule has 1 atom stereocenters. The van der Waals surface area contributed by atoms with Crippen molar-refractivity contribution in [3.63, 3.8) is 0 Å². The molecule has 3 rings (SSSR count). The fourth-order valence-electron chi connectivity index (χ4n) is 2.66. The Bertz CT molecular complexity index is 676. The van der Waals surface area contributed by atoms with E-state index in [4.69, 9.17) is 0 Å². The summed E-state index contributed by atoms with van der Waals surface area (Å²) in [7, 11) is -1.54. The number of thiophene rings is 1. The highest BCUT2D eigenvalue weighted by molar-refractivity contribution is 7.91. The summed E-state index contributed by atoms with van der Waals surface area (Å²) >= 11 is 1.28. The summed E-state index contributed by atoms with van der Waals surface area (Å²) in [6, 6.07) is 3.36. The van der Waals surface area contributed by atoms with E-state index in [1.807, 2.05) is 13.2 Å². The first-order valence-electron chi connectivity index (χ1n) is 6.63. The van der Waals surface area contributed by atoms with Crippen molar-refractivity contribution in [1.82, 2.24) is 14.1 Å². The fourth-order valence-corrected chi connectivity index (χ4v) is 5.47. The average Bonchev–Trinajstić information content (AvgIpc) is 3.10. The number of aryl methyl sites for hydroxylation is 1. The van der Waals surface area contributed by atoms with E-state index in [0.29, 0.717) is 10.8 Å². The molecule has 5 nitrogen and oxygen atoms in total. The molecule has 20 heavy (non-hydrogen) atoms. The molecule has 1 aliphatic heterocycles. The summed E-state index contributed by atoms with van der Waals surface area (Å²) in [5.74, 6) is 0. The van der Waals surface area contributed by atoms with Gasteiger partial charge in [0.2, 0.25) is 0 Å². The van der Waals surface area contributed by atoms with Crippen molar-refractivity contribution in [2.75, 3.05) is 6.54 Å². The second-order valence-electron chi connectivity index (χ2n) is 5.01. The minimum absolute atomic E-state index is 0.0930.